The van der Waals surface area contributed by atoms with E-state index < -0.39 is 38.4 Å². The van der Waals surface area contributed by atoms with Crippen molar-refractivity contribution in [3.05, 3.63) is 54.1 Å². The zero-order valence-corrected chi connectivity index (χ0v) is 19.8. The largest absolute Gasteiger partial charge is 0.491 e. The summed E-state index contributed by atoms with van der Waals surface area (Å²) >= 11 is 0. The molecule has 0 aromatic heterocycles. The number of benzene rings is 2. The van der Waals surface area contributed by atoms with Gasteiger partial charge >= 0.3 is 0 Å². The summed E-state index contributed by atoms with van der Waals surface area (Å²) < 4.78 is 54.3. The monoisotopic (exact) mass is 468 g/mol. The second-order valence-electron chi connectivity index (χ2n) is 7.56. The Labute approximate surface area is 184 Å². The van der Waals surface area contributed by atoms with E-state index in [1.165, 1.54) is 12.1 Å². The molecule has 170 valence electrons. The van der Waals surface area contributed by atoms with Crippen molar-refractivity contribution < 1.29 is 26.4 Å². The van der Waals surface area contributed by atoms with E-state index >= 15 is 0 Å². The summed E-state index contributed by atoms with van der Waals surface area (Å²) in [4.78, 5) is 12.7. The summed E-state index contributed by atoms with van der Waals surface area (Å²) in [5.74, 6) is 0.107. The van der Waals surface area contributed by atoms with E-state index in [9.17, 15) is 21.6 Å². The van der Waals surface area contributed by atoms with Crippen LogP contribution in [0.2, 0.25) is 0 Å². The summed E-state index contributed by atoms with van der Waals surface area (Å²) in [5, 5.41) is 2.75. The molecule has 2 aromatic rings. The lowest BCUT2D eigenvalue weighted by Crippen LogP contribution is -2.41. The zero-order valence-electron chi connectivity index (χ0n) is 18.2. The number of amides is 1. The summed E-state index contributed by atoms with van der Waals surface area (Å²) in [6.45, 7) is 5.11. The van der Waals surface area contributed by atoms with E-state index in [0.717, 1.165) is 16.8 Å². The molecule has 0 bridgehead atoms. The van der Waals surface area contributed by atoms with Crippen LogP contribution in [0.1, 0.15) is 32.4 Å². The van der Waals surface area contributed by atoms with Crippen molar-refractivity contribution in [2.24, 2.45) is 0 Å². The first-order valence-corrected chi connectivity index (χ1v) is 13.3. The Morgan fingerprint density at radius 3 is 1.94 bits per heavy atom. The molecule has 2 aromatic carbocycles. The zero-order chi connectivity index (χ0) is 23.4. The highest BCUT2D eigenvalue weighted by molar-refractivity contribution is 7.92. The molecule has 1 atom stereocenters. The molecule has 0 aliphatic heterocycles. The fourth-order valence-electron chi connectivity index (χ4n) is 2.87. The summed E-state index contributed by atoms with van der Waals surface area (Å²) in [6.07, 6.45) is 2.14. The van der Waals surface area contributed by atoms with E-state index in [2.05, 4.69) is 5.32 Å². The molecule has 1 N–H and O–H groups in total. The quantitative estimate of drug-likeness (QED) is 0.606. The molecule has 0 radical (unpaired) electrons. The molecule has 0 aliphatic carbocycles. The third kappa shape index (κ3) is 7.25. The summed E-state index contributed by atoms with van der Waals surface area (Å²) in [7, 11) is -7.02. The van der Waals surface area contributed by atoms with Crippen LogP contribution in [-0.4, -0.2) is 47.9 Å². The van der Waals surface area contributed by atoms with Crippen molar-refractivity contribution in [3.63, 3.8) is 0 Å². The van der Waals surface area contributed by atoms with Crippen molar-refractivity contribution in [2.75, 3.05) is 23.4 Å². The Kier molecular flexibility index (Phi) is 7.72. The van der Waals surface area contributed by atoms with Gasteiger partial charge in [-0.25, -0.2) is 16.8 Å². The van der Waals surface area contributed by atoms with Crippen molar-refractivity contribution in [2.45, 2.75) is 37.8 Å². The minimum absolute atomic E-state index is 0.0179. The third-order valence-corrected chi connectivity index (χ3v) is 6.64. The Balaban J connectivity index is 2.12. The van der Waals surface area contributed by atoms with Crippen LogP contribution in [0, 0.1) is 0 Å². The molecule has 0 fully saturated rings. The molecule has 0 aliphatic rings. The fraction of sp³-hybridized carbons (Fsp3) is 0.381. The number of sulfone groups is 1. The van der Waals surface area contributed by atoms with Crippen LogP contribution in [0.5, 0.6) is 5.75 Å². The van der Waals surface area contributed by atoms with Gasteiger partial charge in [-0.15, -0.1) is 0 Å². The van der Waals surface area contributed by atoms with E-state index in [4.69, 9.17) is 4.74 Å². The van der Waals surface area contributed by atoms with Gasteiger partial charge < -0.3 is 10.1 Å². The standard InChI is InChI=1S/C21H28N2O6S2/c1-15(2)29-19-10-8-18(9-11-19)23(31(5,27)28)14-21(24)22-16(3)17-6-12-20(13-7-17)30(4,25)26/h6-13,15-16H,14H2,1-5H3,(H,22,24). The lowest BCUT2D eigenvalue weighted by Gasteiger charge is -2.23. The first kappa shape index (κ1) is 24.7. The van der Waals surface area contributed by atoms with Gasteiger partial charge in [0.25, 0.3) is 0 Å². The van der Waals surface area contributed by atoms with Crippen LogP contribution in [0.3, 0.4) is 0 Å². The molecular weight excluding hydrogens is 440 g/mol. The van der Waals surface area contributed by atoms with Crippen molar-refractivity contribution in [1.82, 2.24) is 5.32 Å². The van der Waals surface area contributed by atoms with Gasteiger partial charge in [0.15, 0.2) is 9.84 Å². The highest BCUT2D eigenvalue weighted by atomic mass is 32.2. The lowest BCUT2D eigenvalue weighted by molar-refractivity contribution is -0.120. The number of nitrogens with one attached hydrogen (secondary N) is 1. The second-order valence-corrected chi connectivity index (χ2v) is 11.5. The second kappa shape index (κ2) is 9.69. The number of ether oxygens (including phenoxy) is 1. The van der Waals surface area contributed by atoms with Crippen molar-refractivity contribution >= 4 is 31.5 Å². The van der Waals surface area contributed by atoms with Gasteiger partial charge in [0.1, 0.15) is 12.3 Å². The molecule has 0 saturated carbocycles. The minimum Gasteiger partial charge on any atom is -0.491 e. The van der Waals surface area contributed by atoms with Gasteiger partial charge in [0.05, 0.1) is 29.0 Å². The Hall–Kier alpha value is -2.59. The Morgan fingerprint density at radius 1 is 0.935 bits per heavy atom. The maximum atomic E-state index is 12.6. The molecule has 10 heteroatoms. The molecule has 31 heavy (non-hydrogen) atoms. The van der Waals surface area contributed by atoms with Crippen LogP contribution in [-0.2, 0) is 24.7 Å². The van der Waals surface area contributed by atoms with Gasteiger partial charge in [0.2, 0.25) is 15.9 Å². The summed E-state index contributed by atoms with van der Waals surface area (Å²) in [5.41, 5.74) is 1.04. The van der Waals surface area contributed by atoms with Gasteiger partial charge in [-0.05, 0) is 62.7 Å². The van der Waals surface area contributed by atoms with E-state index in [1.807, 2.05) is 13.8 Å². The van der Waals surface area contributed by atoms with E-state index in [0.29, 0.717) is 17.0 Å². The van der Waals surface area contributed by atoms with Crippen LogP contribution >= 0.6 is 0 Å². The van der Waals surface area contributed by atoms with Gasteiger partial charge in [-0.1, -0.05) is 12.1 Å². The first-order chi connectivity index (χ1) is 14.3. The van der Waals surface area contributed by atoms with E-state index in [-0.39, 0.29) is 11.0 Å². The van der Waals surface area contributed by atoms with Crippen LogP contribution in [0.15, 0.2) is 53.4 Å². The molecular formula is C21H28N2O6S2. The Morgan fingerprint density at radius 2 is 1.48 bits per heavy atom. The molecule has 1 amide bonds. The maximum Gasteiger partial charge on any atom is 0.241 e. The topological polar surface area (TPSA) is 110 Å². The van der Waals surface area contributed by atoms with Gasteiger partial charge in [0, 0.05) is 6.26 Å². The average molecular weight is 469 g/mol. The van der Waals surface area contributed by atoms with Crippen LogP contribution < -0.4 is 14.4 Å². The lowest BCUT2D eigenvalue weighted by atomic mass is 10.1. The number of sulfonamides is 1. The molecule has 2 rings (SSSR count). The SMILES string of the molecule is CC(C)Oc1ccc(N(CC(=O)NC(C)c2ccc(S(C)(=O)=O)cc2)S(C)(=O)=O)cc1. The predicted molar refractivity (Wildman–Crippen MR) is 121 cm³/mol. The van der Waals surface area contributed by atoms with Crippen LogP contribution in [0.25, 0.3) is 0 Å². The normalized spacial score (nSPS) is 13.0. The first-order valence-electron chi connectivity index (χ1n) is 9.61. The van der Waals surface area contributed by atoms with Gasteiger partial charge in [-0.3, -0.25) is 9.10 Å². The van der Waals surface area contributed by atoms with Gasteiger partial charge in [-0.2, -0.15) is 0 Å². The highest BCUT2D eigenvalue weighted by Crippen LogP contribution is 2.22. The molecule has 0 saturated heterocycles. The molecule has 0 heterocycles. The van der Waals surface area contributed by atoms with E-state index in [1.54, 1.807) is 43.3 Å². The van der Waals surface area contributed by atoms with Crippen molar-refractivity contribution in [1.29, 1.82) is 0 Å². The highest BCUT2D eigenvalue weighted by Gasteiger charge is 2.22. The number of carbonyl (C=O) groups is 1. The number of nitrogens with zero attached hydrogens (tertiary/aromatic N) is 1. The number of carbonyl (C=O) groups excluding carboxylic acids is 1. The number of hydrogen-bond donors (Lipinski definition) is 1. The molecule has 8 nitrogen and oxygen atoms in total. The predicted octanol–water partition coefficient (Wildman–Crippen LogP) is 2.52. The Bertz CT molecular complexity index is 1110. The minimum atomic E-state index is -3.71. The number of hydrogen-bond acceptors (Lipinski definition) is 6. The smallest absolute Gasteiger partial charge is 0.241 e. The van der Waals surface area contributed by atoms with Crippen molar-refractivity contribution in [3.8, 4) is 5.75 Å². The average Bonchev–Trinajstić information content (AvgIpc) is 2.65. The molecule has 0 spiro atoms. The maximum absolute atomic E-state index is 12.6. The fourth-order valence-corrected chi connectivity index (χ4v) is 4.35. The number of anilines is 1. The summed E-state index contributed by atoms with van der Waals surface area (Å²) in [6, 6.07) is 12.2. The molecule has 1 unspecified atom stereocenters. The number of rotatable bonds is 9. The van der Waals surface area contributed by atoms with Crippen LogP contribution in [0.4, 0.5) is 5.69 Å². The third-order valence-electron chi connectivity index (χ3n) is 4.37.